The molecule has 0 spiro atoms. The first-order valence-corrected chi connectivity index (χ1v) is 10.3. The Kier molecular flexibility index (Phi) is 5.34. The summed E-state index contributed by atoms with van der Waals surface area (Å²) >= 11 is 20.2. The summed E-state index contributed by atoms with van der Waals surface area (Å²) in [5.74, 6) is 0.158. The molecule has 0 aliphatic carbocycles. The number of anilines is 1. The number of hydrogen-bond donors (Lipinski definition) is 1. The minimum absolute atomic E-state index is 0.286. The first-order chi connectivity index (χ1) is 13.4. The van der Waals surface area contributed by atoms with Gasteiger partial charge < -0.3 is 5.32 Å². The van der Waals surface area contributed by atoms with E-state index in [0.717, 1.165) is 21.3 Å². The van der Waals surface area contributed by atoms with Gasteiger partial charge in [-0.3, -0.25) is 9.48 Å². The van der Waals surface area contributed by atoms with Gasteiger partial charge in [-0.2, -0.15) is 5.10 Å². The van der Waals surface area contributed by atoms with Crippen LogP contribution >= 0.6 is 46.1 Å². The molecule has 2 aromatic heterocycles. The zero-order valence-corrected chi connectivity index (χ0v) is 17.8. The fourth-order valence-electron chi connectivity index (χ4n) is 2.90. The van der Waals surface area contributed by atoms with Gasteiger partial charge in [-0.25, -0.2) is 0 Å². The third-order valence-electron chi connectivity index (χ3n) is 4.33. The Morgan fingerprint density at radius 3 is 2.54 bits per heavy atom. The van der Waals surface area contributed by atoms with Crippen molar-refractivity contribution in [2.24, 2.45) is 0 Å². The van der Waals surface area contributed by atoms with Crippen LogP contribution in [0.25, 0.3) is 10.1 Å². The van der Waals surface area contributed by atoms with Crippen LogP contribution in [-0.4, -0.2) is 15.7 Å². The summed E-state index contributed by atoms with van der Waals surface area (Å²) in [5.41, 5.74) is 1.65. The van der Waals surface area contributed by atoms with Crippen molar-refractivity contribution in [1.82, 2.24) is 9.78 Å². The molecule has 0 bridgehead atoms. The highest BCUT2D eigenvalue weighted by molar-refractivity contribution is 7.21. The number of amides is 1. The van der Waals surface area contributed by atoms with Gasteiger partial charge in [0.1, 0.15) is 4.88 Å². The molecule has 2 aromatic carbocycles. The lowest BCUT2D eigenvalue weighted by molar-refractivity contribution is 0.103. The molecule has 0 unspecified atom stereocenters. The molecule has 0 aliphatic heterocycles. The van der Waals surface area contributed by atoms with Crippen LogP contribution in [0.4, 0.5) is 5.82 Å². The van der Waals surface area contributed by atoms with Crippen LogP contribution in [-0.2, 0) is 6.54 Å². The van der Waals surface area contributed by atoms with Gasteiger partial charge in [0, 0.05) is 37.5 Å². The zero-order chi connectivity index (χ0) is 19.8. The van der Waals surface area contributed by atoms with E-state index in [1.165, 1.54) is 11.3 Å². The van der Waals surface area contributed by atoms with E-state index in [0.29, 0.717) is 32.3 Å². The summed E-state index contributed by atoms with van der Waals surface area (Å²) in [6.07, 6.45) is 0. The van der Waals surface area contributed by atoms with Crippen molar-refractivity contribution in [2.45, 2.75) is 13.5 Å². The highest BCUT2D eigenvalue weighted by Gasteiger charge is 2.18. The highest BCUT2D eigenvalue weighted by atomic mass is 35.5. The van der Waals surface area contributed by atoms with Crippen LogP contribution in [0.5, 0.6) is 0 Å². The number of nitrogens with zero attached hydrogens (tertiary/aromatic N) is 2. The molecule has 0 aliphatic rings. The van der Waals surface area contributed by atoms with Crippen LogP contribution in [0.15, 0.2) is 48.5 Å². The number of carbonyl (C=O) groups excluding carboxylic acids is 1. The fourth-order valence-corrected chi connectivity index (χ4v) is 4.83. The van der Waals surface area contributed by atoms with Gasteiger partial charge in [0.2, 0.25) is 0 Å². The van der Waals surface area contributed by atoms with E-state index < -0.39 is 0 Å². The van der Waals surface area contributed by atoms with E-state index in [1.54, 1.807) is 28.9 Å². The lowest BCUT2D eigenvalue weighted by Crippen LogP contribution is -2.12. The first-order valence-electron chi connectivity index (χ1n) is 8.40. The Morgan fingerprint density at radius 2 is 1.82 bits per heavy atom. The SMILES string of the molecule is Cc1cc(NC(=O)c2sc3ccccc3c2Cl)nn1Cc1c(Cl)cccc1Cl. The van der Waals surface area contributed by atoms with Gasteiger partial charge in [-0.05, 0) is 25.1 Å². The van der Waals surface area contributed by atoms with Gasteiger partial charge in [-0.15, -0.1) is 11.3 Å². The maximum atomic E-state index is 12.7. The number of rotatable bonds is 4. The average molecular weight is 451 g/mol. The van der Waals surface area contributed by atoms with E-state index in [1.807, 2.05) is 31.2 Å². The predicted molar refractivity (Wildman–Crippen MR) is 117 cm³/mol. The quantitative estimate of drug-likeness (QED) is 0.377. The molecular weight excluding hydrogens is 437 g/mol. The highest BCUT2D eigenvalue weighted by Crippen LogP contribution is 2.35. The molecule has 0 fully saturated rings. The van der Waals surface area contributed by atoms with Crippen molar-refractivity contribution in [2.75, 3.05) is 5.32 Å². The maximum Gasteiger partial charge on any atom is 0.268 e. The van der Waals surface area contributed by atoms with Crippen LogP contribution in [0.3, 0.4) is 0 Å². The number of halogens is 3. The van der Waals surface area contributed by atoms with Crippen molar-refractivity contribution in [3.63, 3.8) is 0 Å². The second-order valence-electron chi connectivity index (χ2n) is 6.22. The first kappa shape index (κ1) is 19.3. The van der Waals surface area contributed by atoms with Gasteiger partial charge in [0.15, 0.2) is 5.82 Å². The smallest absolute Gasteiger partial charge is 0.268 e. The van der Waals surface area contributed by atoms with Crippen molar-refractivity contribution in [3.8, 4) is 0 Å². The van der Waals surface area contributed by atoms with Gasteiger partial charge in [-0.1, -0.05) is 59.1 Å². The minimum Gasteiger partial charge on any atom is -0.304 e. The fraction of sp³-hybridized carbons (Fsp3) is 0.100. The molecule has 0 atom stereocenters. The molecule has 4 nitrogen and oxygen atoms in total. The molecular formula is C20H14Cl3N3OS. The van der Waals surface area contributed by atoms with Gasteiger partial charge in [0.05, 0.1) is 11.6 Å². The monoisotopic (exact) mass is 449 g/mol. The predicted octanol–water partition coefficient (Wildman–Crippen LogP) is 6.67. The molecule has 0 radical (unpaired) electrons. The van der Waals surface area contributed by atoms with E-state index in [4.69, 9.17) is 34.8 Å². The summed E-state index contributed by atoms with van der Waals surface area (Å²) in [6, 6.07) is 14.8. The Morgan fingerprint density at radius 1 is 1.11 bits per heavy atom. The van der Waals surface area contributed by atoms with Crippen molar-refractivity contribution >= 4 is 68.0 Å². The third-order valence-corrected chi connectivity index (χ3v) is 6.72. The molecule has 4 rings (SSSR count). The molecule has 2 heterocycles. The molecule has 28 heavy (non-hydrogen) atoms. The molecule has 8 heteroatoms. The summed E-state index contributed by atoms with van der Waals surface area (Å²) in [4.78, 5) is 13.2. The average Bonchev–Trinajstić information content (AvgIpc) is 3.18. The Bertz CT molecular complexity index is 1180. The molecule has 0 saturated heterocycles. The lowest BCUT2D eigenvalue weighted by Gasteiger charge is -2.08. The van der Waals surface area contributed by atoms with Crippen molar-refractivity contribution in [1.29, 1.82) is 0 Å². The summed E-state index contributed by atoms with van der Waals surface area (Å²) in [7, 11) is 0. The number of aromatic nitrogens is 2. The van der Waals surface area contributed by atoms with Crippen molar-refractivity contribution in [3.05, 3.63) is 79.7 Å². The van der Waals surface area contributed by atoms with E-state index in [9.17, 15) is 4.79 Å². The Balaban J connectivity index is 1.58. The second-order valence-corrected chi connectivity index (χ2v) is 8.47. The largest absolute Gasteiger partial charge is 0.304 e. The lowest BCUT2D eigenvalue weighted by atomic mass is 10.2. The molecule has 1 amide bonds. The normalized spacial score (nSPS) is 11.1. The van der Waals surface area contributed by atoms with Crippen LogP contribution in [0.2, 0.25) is 15.1 Å². The number of carbonyl (C=O) groups is 1. The van der Waals surface area contributed by atoms with E-state index in [2.05, 4.69) is 10.4 Å². The summed E-state index contributed by atoms with van der Waals surface area (Å²) < 4.78 is 2.71. The number of nitrogens with one attached hydrogen (secondary N) is 1. The number of aryl methyl sites for hydroxylation is 1. The van der Waals surface area contributed by atoms with Crippen molar-refractivity contribution < 1.29 is 4.79 Å². The Labute approximate surface area is 180 Å². The zero-order valence-electron chi connectivity index (χ0n) is 14.7. The third kappa shape index (κ3) is 3.63. The second kappa shape index (κ2) is 7.76. The van der Waals surface area contributed by atoms with Crippen LogP contribution < -0.4 is 5.32 Å². The molecule has 4 aromatic rings. The topological polar surface area (TPSA) is 46.9 Å². The summed E-state index contributed by atoms with van der Waals surface area (Å²) in [6.45, 7) is 2.31. The van der Waals surface area contributed by atoms with Crippen LogP contribution in [0.1, 0.15) is 20.9 Å². The van der Waals surface area contributed by atoms with Crippen LogP contribution in [0, 0.1) is 6.92 Å². The standard InChI is InChI=1S/C20H14Cl3N3OS/c1-11-9-17(25-26(11)10-13-14(21)6-4-7-15(13)22)24-20(27)19-18(23)12-5-2-3-8-16(12)28-19/h2-9H,10H2,1H3,(H,24,25,27). The van der Waals surface area contributed by atoms with Gasteiger partial charge >= 0.3 is 0 Å². The maximum absolute atomic E-state index is 12.7. The minimum atomic E-state index is -0.286. The van der Waals surface area contributed by atoms with E-state index >= 15 is 0 Å². The molecule has 142 valence electrons. The molecule has 1 N–H and O–H groups in total. The number of thiophene rings is 1. The number of benzene rings is 2. The summed E-state index contributed by atoms with van der Waals surface area (Å²) in [5, 5.41) is 9.76. The Hall–Kier alpha value is -2.05. The van der Waals surface area contributed by atoms with Gasteiger partial charge in [0.25, 0.3) is 5.91 Å². The van der Waals surface area contributed by atoms with E-state index in [-0.39, 0.29) is 5.91 Å². The molecule has 0 saturated carbocycles. The number of hydrogen-bond acceptors (Lipinski definition) is 3. The number of fused-ring (bicyclic) bond motifs is 1.